The van der Waals surface area contributed by atoms with Crippen LogP contribution in [-0.2, 0) is 13.2 Å². The van der Waals surface area contributed by atoms with E-state index in [-0.39, 0.29) is 5.56 Å². The van der Waals surface area contributed by atoms with Gasteiger partial charge in [0.1, 0.15) is 0 Å². The lowest BCUT2D eigenvalue weighted by Gasteiger charge is -2.27. The standard InChI is InChI=1S/C53H40F3N5/c1-37-33-44(60(46-15-9-31-57-35-46)42-21-17-40(18-22-42)38-11-5-3-6-12-38)25-27-48(37)51-29-30-52(59(51)2)49-28-26-45(34-50(49)53(54,55)56)61(47-16-10-32-58-36-47)43-23-19-41(20-24-43)39-13-7-4-8-14-39/h3-36H,1-2H3. The Morgan fingerprint density at radius 2 is 0.852 bits per heavy atom. The zero-order chi connectivity index (χ0) is 41.9. The first-order valence-corrected chi connectivity index (χ1v) is 19.9. The summed E-state index contributed by atoms with van der Waals surface area (Å²) in [6.45, 7) is 2.03. The van der Waals surface area contributed by atoms with Gasteiger partial charge in [0.05, 0.1) is 29.3 Å². The van der Waals surface area contributed by atoms with Gasteiger partial charge in [-0.25, -0.2) is 0 Å². The van der Waals surface area contributed by atoms with Gasteiger partial charge in [0.25, 0.3) is 0 Å². The van der Waals surface area contributed by atoms with Gasteiger partial charge in [-0.2, -0.15) is 13.2 Å². The van der Waals surface area contributed by atoms with Crippen LogP contribution in [0.1, 0.15) is 11.1 Å². The molecule has 5 nitrogen and oxygen atoms in total. The monoisotopic (exact) mass is 803 g/mol. The maximum atomic E-state index is 15.2. The molecule has 8 heteroatoms. The van der Waals surface area contributed by atoms with E-state index in [2.05, 4.69) is 57.3 Å². The van der Waals surface area contributed by atoms with E-state index in [4.69, 9.17) is 0 Å². The lowest BCUT2D eigenvalue weighted by atomic mass is 10.0. The van der Waals surface area contributed by atoms with Gasteiger partial charge in [-0.05, 0) is 120 Å². The van der Waals surface area contributed by atoms with Crippen LogP contribution < -0.4 is 9.80 Å². The molecule has 0 fully saturated rings. The van der Waals surface area contributed by atoms with E-state index in [1.54, 1.807) is 47.8 Å². The predicted molar refractivity (Wildman–Crippen MR) is 242 cm³/mol. The minimum Gasteiger partial charge on any atom is -0.344 e. The number of pyridine rings is 2. The molecule has 3 aromatic heterocycles. The minimum absolute atomic E-state index is 0.0894. The van der Waals surface area contributed by atoms with Crippen LogP contribution in [0.25, 0.3) is 44.8 Å². The number of nitrogens with zero attached hydrogens (tertiary/aromatic N) is 5. The topological polar surface area (TPSA) is 37.2 Å². The highest BCUT2D eigenvalue weighted by molar-refractivity contribution is 5.83. The molecular weight excluding hydrogens is 764 g/mol. The summed E-state index contributed by atoms with van der Waals surface area (Å²) in [5, 5.41) is 0. The summed E-state index contributed by atoms with van der Waals surface area (Å²) in [5.41, 5.74) is 11.3. The van der Waals surface area contributed by atoms with Crippen molar-refractivity contribution in [2.24, 2.45) is 7.05 Å². The molecule has 0 unspecified atom stereocenters. The van der Waals surface area contributed by atoms with E-state index in [0.717, 1.165) is 56.1 Å². The number of hydrogen-bond acceptors (Lipinski definition) is 4. The van der Waals surface area contributed by atoms with Crippen molar-refractivity contribution in [3.05, 3.63) is 218 Å². The molecule has 3 heterocycles. The molecule has 6 aromatic carbocycles. The molecule has 0 amide bonds. The molecule has 0 radical (unpaired) electrons. The van der Waals surface area contributed by atoms with E-state index in [1.165, 1.54) is 6.07 Å². The lowest BCUT2D eigenvalue weighted by Crippen LogP contribution is -2.14. The molecule has 61 heavy (non-hydrogen) atoms. The molecule has 0 saturated heterocycles. The Labute approximate surface area is 353 Å². The number of aromatic nitrogens is 3. The highest BCUT2D eigenvalue weighted by atomic mass is 19.4. The Morgan fingerprint density at radius 3 is 1.30 bits per heavy atom. The van der Waals surface area contributed by atoms with E-state index in [9.17, 15) is 0 Å². The van der Waals surface area contributed by atoms with Gasteiger partial charge in [-0.3, -0.25) is 9.97 Å². The second-order valence-corrected chi connectivity index (χ2v) is 14.8. The fourth-order valence-corrected chi connectivity index (χ4v) is 7.99. The van der Waals surface area contributed by atoms with Crippen molar-refractivity contribution in [3.63, 3.8) is 0 Å². The number of halogens is 3. The van der Waals surface area contributed by atoms with Crippen molar-refractivity contribution in [3.8, 4) is 44.8 Å². The normalized spacial score (nSPS) is 11.4. The zero-order valence-corrected chi connectivity index (χ0v) is 33.5. The van der Waals surface area contributed by atoms with Crippen LogP contribution >= 0.6 is 0 Å². The molecule has 0 N–H and O–H groups in total. The maximum absolute atomic E-state index is 15.2. The van der Waals surface area contributed by atoms with Crippen LogP contribution in [0.15, 0.2) is 207 Å². The number of hydrogen-bond donors (Lipinski definition) is 0. The van der Waals surface area contributed by atoms with Crippen molar-refractivity contribution >= 4 is 34.1 Å². The summed E-state index contributed by atoms with van der Waals surface area (Å²) in [4.78, 5) is 12.7. The second-order valence-electron chi connectivity index (χ2n) is 14.8. The van der Waals surface area contributed by atoms with Crippen LogP contribution in [0.3, 0.4) is 0 Å². The fraction of sp³-hybridized carbons (Fsp3) is 0.0566. The summed E-state index contributed by atoms with van der Waals surface area (Å²) < 4.78 is 47.5. The first-order valence-electron chi connectivity index (χ1n) is 19.9. The molecule has 9 rings (SSSR count). The van der Waals surface area contributed by atoms with Crippen molar-refractivity contribution in [1.82, 2.24) is 14.5 Å². The molecule has 0 saturated carbocycles. The van der Waals surface area contributed by atoms with Crippen molar-refractivity contribution < 1.29 is 13.2 Å². The van der Waals surface area contributed by atoms with Gasteiger partial charge in [0.2, 0.25) is 0 Å². The second kappa shape index (κ2) is 16.5. The summed E-state index contributed by atoms with van der Waals surface area (Å²) in [6.07, 6.45) is 2.25. The Balaban J connectivity index is 1.06. The molecule has 0 aliphatic carbocycles. The van der Waals surface area contributed by atoms with E-state index < -0.39 is 11.7 Å². The number of benzene rings is 6. The molecule has 0 bridgehead atoms. The third-order valence-electron chi connectivity index (χ3n) is 11.0. The van der Waals surface area contributed by atoms with Crippen molar-refractivity contribution in [2.45, 2.75) is 13.1 Å². The SMILES string of the molecule is Cc1cc(N(c2ccc(-c3ccccc3)cc2)c2cccnc2)ccc1-c1ccc(-c2ccc(N(c3ccc(-c4ccccc4)cc3)c3cccnc3)cc2C(F)(F)F)n1C. The zero-order valence-electron chi connectivity index (χ0n) is 33.5. The number of anilines is 6. The van der Waals surface area contributed by atoms with Crippen LogP contribution in [0.2, 0.25) is 0 Å². The number of alkyl halides is 3. The Hall–Kier alpha value is -7.71. The fourth-order valence-electron chi connectivity index (χ4n) is 7.99. The first-order chi connectivity index (χ1) is 29.7. The lowest BCUT2D eigenvalue weighted by molar-refractivity contribution is -0.137. The summed E-state index contributed by atoms with van der Waals surface area (Å²) in [6, 6.07) is 58.4. The van der Waals surface area contributed by atoms with E-state index >= 15 is 13.2 Å². The summed E-state index contributed by atoms with van der Waals surface area (Å²) in [7, 11) is 1.82. The van der Waals surface area contributed by atoms with Gasteiger partial charge in [0.15, 0.2) is 0 Å². The molecule has 0 aliphatic rings. The molecule has 9 aromatic rings. The Kier molecular flexibility index (Phi) is 10.5. The Bertz CT molecular complexity index is 2900. The summed E-state index contributed by atoms with van der Waals surface area (Å²) in [5.74, 6) is 0. The number of aryl methyl sites for hydroxylation is 1. The average Bonchev–Trinajstić information content (AvgIpc) is 3.68. The largest absolute Gasteiger partial charge is 0.417 e. The number of rotatable bonds is 10. The van der Waals surface area contributed by atoms with Crippen LogP contribution in [-0.4, -0.2) is 14.5 Å². The van der Waals surface area contributed by atoms with Gasteiger partial charge in [-0.15, -0.1) is 0 Å². The molecule has 0 aliphatic heterocycles. The van der Waals surface area contributed by atoms with Crippen molar-refractivity contribution in [2.75, 3.05) is 9.80 Å². The third-order valence-corrected chi connectivity index (χ3v) is 11.0. The van der Waals surface area contributed by atoms with Gasteiger partial charge in [0, 0.05) is 64.7 Å². The minimum atomic E-state index is -4.64. The highest BCUT2D eigenvalue weighted by Gasteiger charge is 2.35. The van der Waals surface area contributed by atoms with Crippen molar-refractivity contribution in [1.29, 1.82) is 0 Å². The van der Waals surface area contributed by atoms with Gasteiger partial charge in [-0.1, -0.05) is 97.1 Å². The molecule has 298 valence electrons. The van der Waals surface area contributed by atoms with Crippen LogP contribution in [0.4, 0.5) is 47.3 Å². The van der Waals surface area contributed by atoms with E-state index in [1.807, 2.05) is 134 Å². The van der Waals surface area contributed by atoms with Crippen LogP contribution in [0.5, 0.6) is 0 Å². The van der Waals surface area contributed by atoms with Crippen LogP contribution in [0, 0.1) is 6.92 Å². The molecular formula is C53H40F3N5. The van der Waals surface area contributed by atoms with Gasteiger partial charge >= 0.3 is 6.18 Å². The average molecular weight is 804 g/mol. The van der Waals surface area contributed by atoms with Gasteiger partial charge < -0.3 is 14.4 Å². The smallest absolute Gasteiger partial charge is 0.344 e. The molecule has 0 spiro atoms. The quantitative estimate of drug-likeness (QED) is 0.138. The predicted octanol–water partition coefficient (Wildman–Crippen LogP) is 14.7. The third kappa shape index (κ3) is 7.91. The molecule has 0 atom stereocenters. The maximum Gasteiger partial charge on any atom is 0.417 e. The summed E-state index contributed by atoms with van der Waals surface area (Å²) >= 11 is 0. The Morgan fingerprint density at radius 1 is 0.426 bits per heavy atom. The van der Waals surface area contributed by atoms with E-state index in [0.29, 0.717) is 22.8 Å². The first kappa shape index (κ1) is 38.8. The highest BCUT2D eigenvalue weighted by Crippen LogP contribution is 2.44.